The summed E-state index contributed by atoms with van der Waals surface area (Å²) in [6.45, 7) is -0.0313. The fourth-order valence-corrected chi connectivity index (χ4v) is 2.58. The summed E-state index contributed by atoms with van der Waals surface area (Å²) in [5, 5.41) is 16.4. The molecule has 0 aliphatic heterocycles. The molecule has 100 valence electrons. The molecule has 1 fully saturated rings. The first-order chi connectivity index (χ1) is 8.58. The summed E-state index contributed by atoms with van der Waals surface area (Å²) in [5.41, 5.74) is 5.95. The molecule has 2 rings (SSSR count). The van der Waals surface area contributed by atoms with E-state index in [1.807, 2.05) is 0 Å². The second-order valence-electron chi connectivity index (χ2n) is 5.03. The number of hydrogen-bond donors (Lipinski definition) is 3. The number of rotatable bonds is 3. The molecule has 1 aromatic heterocycles. The third-order valence-electron chi connectivity index (χ3n) is 3.67. The number of hydrogen-bond acceptors (Lipinski definition) is 4. The van der Waals surface area contributed by atoms with Crippen molar-refractivity contribution in [2.24, 2.45) is 7.05 Å². The highest BCUT2D eigenvalue weighted by atomic mass is 16.3. The van der Waals surface area contributed by atoms with Crippen LogP contribution in [0.3, 0.4) is 0 Å². The number of carbonyl (C=O) groups excluding carboxylic acids is 1. The Bertz CT molecular complexity index is 416. The highest BCUT2D eigenvalue weighted by molar-refractivity contribution is 5.97. The van der Waals surface area contributed by atoms with Crippen LogP contribution >= 0.6 is 0 Å². The molecule has 0 radical (unpaired) electrons. The molecule has 0 atom stereocenters. The van der Waals surface area contributed by atoms with Crippen LogP contribution in [0.2, 0.25) is 0 Å². The number of anilines is 1. The second-order valence-corrected chi connectivity index (χ2v) is 5.03. The van der Waals surface area contributed by atoms with E-state index in [1.165, 1.54) is 10.9 Å². The van der Waals surface area contributed by atoms with Gasteiger partial charge in [0.05, 0.1) is 24.0 Å². The number of nitrogens with two attached hydrogens (primary N) is 1. The lowest BCUT2D eigenvalue weighted by Crippen LogP contribution is -2.52. The van der Waals surface area contributed by atoms with E-state index in [2.05, 4.69) is 10.4 Å². The maximum atomic E-state index is 12.2. The van der Waals surface area contributed by atoms with E-state index >= 15 is 0 Å². The van der Waals surface area contributed by atoms with Gasteiger partial charge in [-0.25, -0.2) is 0 Å². The first kappa shape index (κ1) is 12.9. The van der Waals surface area contributed by atoms with E-state index in [9.17, 15) is 9.90 Å². The summed E-state index contributed by atoms with van der Waals surface area (Å²) in [6, 6.07) is 0. The van der Waals surface area contributed by atoms with Crippen LogP contribution in [0.15, 0.2) is 6.20 Å². The third kappa shape index (κ3) is 2.33. The fourth-order valence-electron chi connectivity index (χ4n) is 2.58. The summed E-state index contributed by atoms with van der Waals surface area (Å²) < 4.78 is 1.46. The topological polar surface area (TPSA) is 93.2 Å². The number of carbonyl (C=O) groups is 1. The Hall–Kier alpha value is -1.56. The molecule has 0 spiro atoms. The number of amides is 1. The predicted octanol–water partition coefficient (Wildman–Crippen LogP) is 0.427. The quantitative estimate of drug-likeness (QED) is 0.727. The summed E-state index contributed by atoms with van der Waals surface area (Å²) in [5.74, 6) is -0.261. The molecule has 0 unspecified atom stereocenters. The van der Waals surface area contributed by atoms with Gasteiger partial charge in [-0.1, -0.05) is 19.3 Å². The monoisotopic (exact) mass is 252 g/mol. The largest absolute Gasteiger partial charge is 0.396 e. The van der Waals surface area contributed by atoms with Gasteiger partial charge in [0, 0.05) is 7.05 Å². The molecule has 6 nitrogen and oxygen atoms in total. The average Bonchev–Trinajstić information content (AvgIpc) is 2.70. The molecule has 1 heterocycles. The second kappa shape index (κ2) is 4.97. The molecular formula is C12H20N4O2. The number of aliphatic hydroxyl groups is 1. The number of nitrogen functional groups attached to an aromatic ring is 1. The number of aryl methyl sites for hydroxylation is 1. The Morgan fingerprint density at radius 3 is 2.72 bits per heavy atom. The summed E-state index contributed by atoms with van der Waals surface area (Å²) in [7, 11) is 1.68. The van der Waals surface area contributed by atoms with E-state index in [4.69, 9.17) is 5.73 Å². The Labute approximate surface area is 106 Å². The summed E-state index contributed by atoms with van der Waals surface area (Å²) >= 11 is 0. The lowest BCUT2D eigenvalue weighted by molar-refractivity contribution is 0.0750. The maximum Gasteiger partial charge on any atom is 0.272 e. The van der Waals surface area contributed by atoms with Crippen molar-refractivity contribution in [1.82, 2.24) is 15.1 Å². The first-order valence-corrected chi connectivity index (χ1v) is 6.29. The Morgan fingerprint density at radius 2 is 2.22 bits per heavy atom. The lowest BCUT2D eigenvalue weighted by Gasteiger charge is -2.36. The van der Waals surface area contributed by atoms with Crippen LogP contribution in [0.4, 0.5) is 5.69 Å². The van der Waals surface area contributed by atoms with Crippen molar-refractivity contribution in [1.29, 1.82) is 0 Å². The lowest BCUT2D eigenvalue weighted by atomic mass is 9.82. The van der Waals surface area contributed by atoms with Crippen molar-refractivity contribution in [2.45, 2.75) is 37.6 Å². The third-order valence-corrected chi connectivity index (χ3v) is 3.67. The van der Waals surface area contributed by atoms with Crippen LogP contribution in [0.25, 0.3) is 0 Å². The molecule has 1 aliphatic rings. The van der Waals surface area contributed by atoms with Gasteiger partial charge in [0.2, 0.25) is 0 Å². The van der Waals surface area contributed by atoms with Crippen molar-refractivity contribution >= 4 is 11.6 Å². The molecule has 1 aliphatic carbocycles. The minimum atomic E-state index is -0.494. The molecule has 1 saturated carbocycles. The van der Waals surface area contributed by atoms with Crippen LogP contribution in [-0.2, 0) is 7.05 Å². The van der Waals surface area contributed by atoms with E-state index in [0.717, 1.165) is 32.1 Å². The zero-order valence-electron chi connectivity index (χ0n) is 10.6. The van der Waals surface area contributed by atoms with Gasteiger partial charge in [-0.05, 0) is 12.8 Å². The average molecular weight is 252 g/mol. The van der Waals surface area contributed by atoms with Gasteiger partial charge in [-0.15, -0.1) is 0 Å². The number of nitrogens with one attached hydrogen (secondary N) is 1. The van der Waals surface area contributed by atoms with E-state index in [0.29, 0.717) is 11.4 Å². The molecule has 18 heavy (non-hydrogen) atoms. The molecule has 0 bridgehead atoms. The maximum absolute atomic E-state index is 12.2. The van der Waals surface area contributed by atoms with Crippen molar-refractivity contribution in [3.05, 3.63) is 11.9 Å². The highest BCUT2D eigenvalue weighted by Gasteiger charge is 2.34. The Balaban J connectivity index is 2.15. The van der Waals surface area contributed by atoms with Crippen LogP contribution < -0.4 is 11.1 Å². The van der Waals surface area contributed by atoms with Crippen LogP contribution in [-0.4, -0.2) is 32.9 Å². The number of aliphatic hydroxyl groups excluding tert-OH is 1. The minimum absolute atomic E-state index is 0.0313. The van der Waals surface area contributed by atoms with E-state index < -0.39 is 5.54 Å². The highest BCUT2D eigenvalue weighted by Crippen LogP contribution is 2.28. The Kier molecular flexibility index (Phi) is 3.56. The predicted molar refractivity (Wildman–Crippen MR) is 68.0 cm³/mol. The molecule has 0 aromatic carbocycles. The van der Waals surface area contributed by atoms with Gasteiger partial charge in [0.25, 0.3) is 5.91 Å². The molecular weight excluding hydrogens is 232 g/mol. The first-order valence-electron chi connectivity index (χ1n) is 6.29. The van der Waals surface area contributed by atoms with Gasteiger partial charge in [0.15, 0.2) is 0 Å². The SMILES string of the molecule is Cn1ncc(N)c1C(=O)NC1(CO)CCCCC1. The molecule has 0 saturated heterocycles. The van der Waals surface area contributed by atoms with E-state index in [-0.39, 0.29) is 12.5 Å². The minimum Gasteiger partial charge on any atom is -0.396 e. The van der Waals surface area contributed by atoms with Crippen LogP contribution in [0, 0.1) is 0 Å². The van der Waals surface area contributed by atoms with Crippen molar-refractivity contribution in [2.75, 3.05) is 12.3 Å². The van der Waals surface area contributed by atoms with E-state index in [1.54, 1.807) is 7.05 Å². The summed E-state index contributed by atoms with van der Waals surface area (Å²) in [4.78, 5) is 12.2. The van der Waals surface area contributed by atoms with Crippen LogP contribution in [0.1, 0.15) is 42.6 Å². The number of nitrogens with zero attached hydrogens (tertiary/aromatic N) is 2. The van der Waals surface area contributed by atoms with Gasteiger partial charge < -0.3 is 16.2 Å². The van der Waals surface area contributed by atoms with Gasteiger partial charge in [0.1, 0.15) is 5.69 Å². The fraction of sp³-hybridized carbons (Fsp3) is 0.667. The molecule has 1 aromatic rings. The molecule has 6 heteroatoms. The van der Waals surface area contributed by atoms with Crippen LogP contribution in [0.5, 0.6) is 0 Å². The van der Waals surface area contributed by atoms with Crippen molar-refractivity contribution < 1.29 is 9.90 Å². The number of aromatic nitrogens is 2. The van der Waals surface area contributed by atoms with Crippen molar-refractivity contribution in [3.63, 3.8) is 0 Å². The zero-order valence-corrected chi connectivity index (χ0v) is 10.6. The smallest absolute Gasteiger partial charge is 0.272 e. The Morgan fingerprint density at radius 1 is 1.56 bits per heavy atom. The molecule has 4 N–H and O–H groups in total. The zero-order chi connectivity index (χ0) is 13.2. The summed E-state index contributed by atoms with van der Waals surface area (Å²) in [6.07, 6.45) is 6.30. The van der Waals surface area contributed by atoms with Gasteiger partial charge >= 0.3 is 0 Å². The van der Waals surface area contributed by atoms with Gasteiger partial charge in [-0.2, -0.15) is 5.10 Å². The molecule has 1 amide bonds. The van der Waals surface area contributed by atoms with Gasteiger partial charge in [-0.3, -0.25) is 9.48 Å². The van der Waals surface area contributed by atoms with Crippen molar-refractivity contribution in [3.8, 4) is 0 Å². The normalized spacial score (nSPS) is 18.6. The standard InChI is InChI=1S/C12H20N4O2/c1-16-10(9(13)7-14-16)11(18)15-12(8-17)5-3-2-4-6-12/h7,17H,2-6,8,13H2,1H3,(H,15,18).